The number of nitrogens with one attached hydrogen (secondary N) is 1. The summed E-state index contributed by atoms with van der Waals surface area (Å²) in [5.41, 5.74) is 0. The third-order valence-corrected chi connectivity index (χ3v) is 4.26. The lowest BCUT2D eigenvalue weighted by molar-refractivity contribution is 0.292. The van der Waals surface area contributed by atoms with Crippen LogP contribution in [0.5, 0.6) is 0 Å². The maximum atomic E-state index is 3.65. The molecule has 0 aromatic rings. The zero-order chi connectivity index (χ0) is 9.84. The number of nitrogens with zero attached hydrogens (tertiary/aromatic N) is 1. The maximum Gasteiger partial charge on any atom is 0.0192 e. The Bertz CT molecular complexity index is 150. The van der Waals surface area contributed by atoms with E-state index >= 15 is 0 Å². The first kappa shape index (κ1) is 11.3. The first-order chi connectivity index (χ1) is 6.11. The minimum Gasteiger partial charge on any atom is -0.311 e. The lowest BCUT2D eigenvalue weighted by Crippen LogP contribution is -2.42. The fourth-order valence-corrected chi connectivity index (χ4v) is 2.73. The van der Waals surface area contributed by atoms with E-state index in [0.29, 0.717) is 6.04 Å². The smallest absolute Gasteiger partial charge is 0.0192 e. The Balaban J connectivity index is 2.18. The molecule has 78 valence electrons. The van der Waals surface area contributed by atoms with Gasteiger partial charge in [-0.25, -0.2) is 0 Å². The molecule has 0 saturated carbocycles. The molecular formula is C10H22N2S. The van der Waals surface area contributed by atoms with Gasteiger partial charge in [0.05, 0.1) is 0 Å². The normalized spacial score (nSPS) is 31.2. The van der Waals surface area contributed by atoms with Crippen molar-refractivity contribution in [2.45, 2.75) is 37.6 Å². The third kappa shape index (κ3) is 3.49. The van der Waals surface area contributed by atoms with Crippen molar-refractivity contribution >= 4 is 11.8 Å². The molecule has 2 nitrogen and oxygen atoms in total. The fraction of sp³-hybridized carbons (Fsp3) is 1.00. The molecule has 1 aliphatic heterocycles. The Morgan fingerprint density at radius 1 is 1.54 bits per heavy atom. The van der Waals surface area contributed by atoms with Gasteiger partial charge in [-0.3, -0.25) is 0 Å². The molecule has 0 aromatic heterocycles. The molecule has 1 rings (SSSR count). The van der Waals surface area contributed by atoms with E-state index < -0.39 is 0 Å². The van der Waals surface area contributed by atoms with Crippen molar-refractivity contribution in [3.05, 3.63) is 0 Å². The zero-order valence-corrected chi connectivity index (χ0v) is 10.0. The lowest BCUT2D eigenvalue weighted by atomic mass is 10.1. The van der Waals surface area contributed by atoms with Crippen LogP contribution < -0.4 is 5.32 Å². The van der Waals surface area contributed by atoms with Crippen LogP contribution in [0.3, 0.4) is 0 Å². The molecule has 0 spiro atoms. The van der Waals surface area contributed by atoms with E-state index in [1.54, 1.807) is 0 Å². The van der Waals surface area contributed by atoms with E-state index in [1.807, 2.05) is 0 Å². The molecule has 1 N–H and O–H groups in total. The highest BCUT2D eigenvalue weighted by Crippen LogP contribution is 2.25. The minimum atomic E-state index is 0.637. The van der Waals surface area contributed by atoms with Crippen LogP contribution in [0.2, 0.25) is 0 Å². The largest absolute Gasteiger partial charge is 0.311 e. The summed E-state index contributed by atoms with van der Waals surface area (Å²) < 4.78 is 0. The van der Waals surface area contributed by atoms with Crippen LogP contribution in [-0.4, -0.2) is 48.6 Å². The van der Waals surface area contributed by atoms with E-state index in [9.17, 15) is 0 Å². The first-order valence-electron chi connectivity index (χ1n) is 5.12. The monoisotopic (exact) mass is 202 g/mol. The second-order valence-electron chi connectivity index (χ2n) is 4.19. The second kappa shape index (κ2) is 5.23. The molecule has 3 atom stereocenters. The third-order valence-electron chi connectivity index (χ3n) is 2.93. The predicted molar refractivity (Wildman–Crippen MR) is 61.5 cm³/mol. The summed E-state index contributed by atoms with van der Waals surface area (Å²) in [4.78, 5) is 2.26. The van der Waals surface area contributed by atoms with Crippen molar-refractivity contribution in [2.24, 2.45) is 0 Å². The van der Waals surface area contributed by atoms with Gasteiger partial charge < -0.3 is 10.2 Å². The van der Waals surface area contributed by atoms with Gasteiger partial charge in [0.25, 0.3) is 0 Å². The van der Waals surface area contributed by atoms with Gasteiger partial charge in [-0.2, -0.15) is 11.8 Å². The molecular weight excluding hydrogens is 180 g/mol. The van der Waals surface area contributed by atoms with Crippen LogP contribution in [0.1, 0.15) is 20.3 Å². The number of hydrogen-bond acceptors (Lipinski definition) is 3. The molecule has 1 aliphatic rings. The molecule has 1 fully saturated rings. The van der Waals surface area contributed by atoms with Crippen molar-refractivity contribution in [2.75, 3.05) is 26.4 Å². The van der Waals surface area contributed by atoms with Crippen LogP contribution >= 0.6 is 11.8 Å². The molecule has 1 heterocycles. The lowest BCUT2D eigenvalue weighted by Gasteiger charge is -2.24. The highest BCUT2D eigenvalue weighted by molar-refractivity contribution is 8.00. The number of hydrogen-bond donors (Lipinski definition) is 1. The fourth-order valence-electron chi connectivity index (χ4n) is 1.50. The Hall–Kier alpha value is 0.270. The Morgan fingerprint density at radius 3 is 2.69 bits per heavy atom. The van der Waals surface area contributed by atoms with Gasteiger partial charge in [0.2, 0.25) is 0 Å². The average molecular weight is 202 g/mol. The van der Waals surface area contributed by atoms with Crippen molar-refractivity contribution in [1.29, 1.82) is 0 Å². The van der Waals surface area contributed by atoms with Crippen molar-refractivity contribution in [1.82, 2.24) is 10.2 Å². The van der Waals surface area contributed by atoms with Crippen molar-refractivity contribution in [3.8, 4) is 0 Å². The summed E-state index contributed by atoms with van der Waals surface area (Å²) in [7, 11) is 4.28. The molecule has 0 radical (unpaired) electrons. The van der Waals surface area contributed by atoms with Crippen LogP contribution in [0.25, 0.3) is 0 Å². The number of thioether (sulfide) groups is 1. The van der Waals surface area contributed by atoms with Gasteiger partial charge in [0.15, 0.2) is 0 Å². The molecule has 1 saturated heterocycles. The van der Waals surface area contributed by atoms with Gasteiger partial charge in [-0.15, -0.1) is 0 Å². The topological polar surface area (TPSA) is 15.3 Å². The van der Waals surface area contributed by atoms with Crippen molar-refractivity contribution < 1.29 is 0 Å². The quantitative estimate of drug-likeness (QED) is 0.742. The van der Waals surface area contributed by atoms with E-state index in [2.05, 4.69) is 49.9 Å². The van der Waals surface area contributed by atoms with Gasteiger partial charge in [0.1, 0.15) is 0 Å². The summed E-state index contributed by atoms with van der Waals surface area (Å²) in [5, 5.41) is 4.45. The number of rotatable bonds is 4. The molecule has 3 unspecified atom stereocenters. The molecule has 0 aromatic carbocycles. The Kier molecular flexibility index (Phi) is 4.56. The number of likely N-dealkylation sites (N-methyl/N-ethyl adjacent to an activating group) is 1. The van der Waals surface area contributed by atoms with Gasteiger partial charge in [-0.1, -0.05) is 6.92 Å². The average Bonchev–Trinajstić information content (AvgIpc) is 2.47. The SMILES string of the molecule is CC1SCCC1NCC(C)N(C)C. The second-order valence-corrected chi connectivity index (χ2v) is 5.68. The highest BCUT2D eigenvalue weighted by atomic mass is 32.2. The van der Waals surface area contributed by atoms with Gasteiger partial charge >= 0.3 is 0 Å². The van der Waals surface area contributed by atoms with E-state index in [1.165, 1.54) is 12.2 Å². The zero-order valence-electron chi connectivity index (χ0n) is 9.21. The van der Waals surface area contributed by atoms with E-state index in [4.69, 9.17) is 0 Å². The van der Waals surface area contributed by atoms with Crippen LogP contribution in [0, 0.1) is 0 Å². The van der Waals surface area contributed by atoms with Crippen LogP contribution in [0.15, 0.2) is 0 Å². The van der Waals surface area contributed by atoms with Crippen LogP contribution in [0.4, 0.5) is 0 Å². The predicted octanol–water partition coefficient (Wildman–Crippen LogP) is 1.42. The molecule has 13 heavy (non-hydrogen) atoms. The van der Waals surface area contributed by atoms with Crippen LogP contribution in [-0.2, 0) is 0 Å². The minimum absolute atomic E-state index is 0.637. The van der Waals surface area contributed by atoms with Crippen molar-refractivity contribution in [3.63, 3.8) is 0 Å². The highest BCUT2D eigenvalue weighted by Gasteiger charge is 2.23. The first-order valence-corrected chi connectivity index (χ1v) is 6.17. The molecule has 0 bridgehead atoms. The van der Waals surface area contributed by atoms with E-state index in [-0.39, 0.29) is 0 Å². The van der Waals surface area contributed by atoms with Gasteiger partial charge in [0, 0.05) is 23.9 Å². The summed E-state index contributed by atoms with van der Waals surface area (Å²) in [6, 6.07) is 1.38. The maximum absolute atomic E-state index is 3.65. The molecule has 0 amide bonds. The van der Waals surface area contributed by atoms with E-state index in [0.717, 1.165) is 17.8 Å². The molecule has 0 aliphatic carbocycles. The standard InChI is InChI=1S/C10H22N2S/c1-8(12(3)4)7-11-10-5-6-13-9(10)2/h8-11H,5-7H2,1-4H3. The summed E-state index contributed by atoms with van der Waals surface area (Å²) >= 11 is 2.09. The summed E-state index contributed by atoms with van der Waals surface area (Å²) in [6.07, 6.45) is 1.34. The summed E-state index contributed by atoms with van der Waals surface area (Å²) in [5.74, 6) is 1.33. The Morgan fingerprint density at radius 2 is 2.23 bits per heavy atom. The molecule has 3 heteroatoms. The van der Waals surface area contributed by atoms with Gasteiger partial charge in [-0.05, 0) is 33.2 Å². The summed E-state index contributed by atoms with van der Waals surface area (Å²) in [6.45, 7) is 5.71. The Labute approximate surface area is 86.5 Å².